The Hall–Kier alpha value is -2.63. The molecule has 6 nitrogen and oxygen atoms in total. The molecule has 1 unspecified atom stereocenters. The van der Waals surface area contributed by atoms with Crippen LogP contribution in [0.4, 0.5) is 5.69 Å². The number of anilines is 1. The highest BCUT2D eigenvalue weighted by atomic mass is 16.5. The minimum Gasteiger partial charge on any atom is -0.465 e. The Morgan fingerprint density at radius 2 is 1.63 bits per heavy atom. The molecule has 1 aromatic carbocycles. The molecule has 0 aromatic heterocycles. The van der Waals surface area contributed by atoms with Crippen molar-refractivity contribution >= 4 is 23.3 Å². The van der Waals surface area contributed by atoms with E-state index >= 15 is 0 Å². The van der Waals surface area contributed by atoms with Gasteiger partial charge in [-0.05, 0) is 45.4 Å². The van der Waals surface area contributed by atoms with Crippen molar-refractivity contribution in [3.05, 3.63) is 41.1 Å². The van der Waals surface area contributed by atoms with Gasteiger partial charge in [0.1, 0.15) is 5.92 Å². The third kappa shape index (κ3) is 4.38. The summed E-state index contributed by atoms with van der Waals surface area (Å²) in [7, 11) is 3.92. The number of carbonyl (C=O) groups excluding carboxylic acids is 2. The molecule has 0 spiro atoms. The Morgan fingerprint density at radius 1 is 1.04 bits per heavy atom. The molecule has 1 aliphatic rings. The summed E-state index contributed by atoms with van der Waals surface area (Å²) in [5.41, 5.74) is 3.52. The van der Waals surface area contributed by atoms with Gasteiger partial charge in [-0.2, -0.15) is 0 Å². The average Bonchev–Trinajstić information content (AvgIpc) is 2.61. The molecule has 2 rings (SSSR count). The lowest BCUT2D eigenvalue weighted by atomic mass is 9.75. The second-order valence-electron chi connectivity index (χ2n) is 6.67. The highest BCUT2D eigenvalue weighted by molar-refractivity contribution is 6.07. The Bertz CT molecular complexity index is 763. The summed E-state index contributed by atoms with van der Waals surface area (Å²) < 4.78 is 10.5. The molecule has 0 amide bonds. The number of carbonyl (C=O) groups is 2. The van der Waals surface area contributed by atoms with Gasteiger partial charge in [-0.1, -0.05) is 12.1 Å². The number of benzene rings is 1. The van der Waals surface area contributed by atoms with E-state index in [0.717, 1.165) is 11.3 Å². The van der Waals surface area contributed by atoms with E-state index in [4.69, 9.17) is 9.47 Å². The third-order valence-electron chi connectivity index (χ3n) is 4.63. The molecule has 0 bridgehead atoms. The van der Waals surface area contributed by atoms with Gasteiger partial charge in [0, 0.05) is 37.1 Å². The molecule has 1 aromatic rings. The fourth-order valence-electron chi connectivity index (χ4n) is 3.39. The van der Waals surface area contributed by atoms with Crippen LogP contribution in [0.1, 0.15) is 39.2 Å². The van der Waals surface area contributed by atoms with Crippen LogP contribution >= 0.6 is 0 Å². The summed E-state index contributed by atoms with van der Waals surface area (Å²) in [6.07, 6.45) is 0. The zero-order valence-corrected chi connectivity index (χ0v) is 16.9. The van der Waals surface area contributed by atoms with Crippen LogP contribution in [0.25, 0.3) is 0 Å². The SMILES string of the molecule is CCOC(=O)C1=C(C)N=C(C)C(C(=O)OCC)[C@H]1c1ccc(N(C)C)cc1. The number of hydrogen-bond donors (Lipinski definition) is 0. The van der Waals surface area contributed by atoms with Crippen molar-refractivity contribution in [2.45, 2.75) is 33.6 Å². The second kappa shape index (κ2) is 8.84. The van der Waals surface area contributed by atoms with Crippen molar-refractivity contribution in [3.63, 3.8) is 0 Å². The number of nitrogens with zero attached hydrogens (tertiary/aromatic N) is 2. The molecule has 2 atom stereocenters. The van der Waals surface area contributed by atoms with Gasteiger partial charge in [-0.15, -0.1) is 0 Å². The molecule has 1 aliphatic heterocycles. The lowest BCUT2D eigenvalue weighted by Crippen LogP contribution is -2.36. The first kappa shape index (κ1) is 20.7. The van der Waals surface area contributed by atoms with Gasteiger partial charge in [0.2, 0.25) is 0 Å². The Morgan fingerprint density at radius 3 is 2.15 bits per heavy atom. The number of hydrogen-bond acceptors (Lipinski definition) is 6. The number of aliphatic imine (C=N–C) groups is 1. The number of allylic oxidation sites excluding steroid dienone is 1. The van der Waals surface area contributed by atoms with Crippen LogP contribution in [0.2, 0.25) is 0 Å². The number of esters is 2. The van der Waals surface area contributed by atoms with Crippen molar-refractivity contribution in [2.24, 2.45) is 10.9 Å². The zero-order chi connectivity index (χ0) is 20.1. The Labute approximate surface area is 160 Å². The van der Waals surface area contributed by atoms with Gasteiger partial charge < -0.3 is 14.4 Å². The lowest BCUT2D eigenvalue weighted by Gasteiger charge is -2.31. The fraction of sp³-hybridized carbons (Fsp3) is 0.476. The molecular formula is C21H28N2O4. The number of rotatable bonds is 6. The van der Waals surface area contributed by atoms with Crippen LogP contribution in [0, 0.1) is 5.92 Å². The van der Waals surface area contributed by atoms with Crippen molar-refractivity contribution in [1.29, 1.82) is 0 Å². The molecule has 27 heavy (non-hydrogen) atoms. The summed E-state index contributed by atoms with van der Waals surface area (Å²) in [5.74, 6) is -1.97. The molecule has 146 valence electrons. The van der Waals surface area contributed by atoms with Gasteiger partial charge in [0.25, 0.3) is 0 Å². The van der Waals surface area contributed by atoms with Gasteiger partial charge >= 0.3 is 11.9 Å². The summed E-state index contributed by atoms with van der Waals surface area (Å²) in [5, 5.41) is 0. The van der Waals surface area contributed by atoms with E-state index in [0.29, 0.717) is 17.0 Å². The maximum absolute atomic E-state index is 12.7. The van der Waals surface area contributed by atoms with Gasteiger partial charge in [0.05, 0.1) is 18.8 Å². The van der Waals surface area contributed by atoms with E-state index in [9.17, 15) is 9.59 Å². The highest BCUT2D eigenvalue weighted by Gasteiger charge is 2.42. The van der Waals surface area contributed by atoms with E-state index < -0.39 is 17.8 Å². The molecule has 0 saturated carbocycles. The van der Waals surface area contributed by atoms with E-state index in [2.05, 4.69) is 4.99 Å². The van der Waals surface area contributed by atoms with Crippen molar-refractivity contribution in [1.82, 2.24) is 0 Å². The maximum atomic E-state index is 12.7. The smallest absolute Gasteiger partial charge is 0.336 e. The predicted molar refractivity (Wildman–Crippen MR) is 106 cm³/mol. The fourth-order valence-corrected chi connectivity index (χ4v) is 3.39. The maximum Gasteiger partial charge on any atom is 0.336 e. The Kier molecular flexibility index (Phi) is 6.77. The first-order valence-electron chi connectivity index (χ1n) is 9.18. The van der Waals surface area contributed by atoms with E-state index in [1.807, 2.05) is 43.3 Å². The average molecular weight is 372 g/mol. The quantitative estimate of drug-likeness (QED) is 0.717. The van der Waals surface area contributed by atoms with Crippen LogP contribution in [-0.4, -0.2) is 45.0 Å². The predicted octanol–water partition coefficient (Wildman–Crippen LogP) is 3.33. The van der Waals surface area contributed by atoms with Crippen molar-refractivity contribution in [3.8, 4) is 0 Å². The topological polar surface area (TPSA) is 68.2 Å². The largest absolute Gasteiger partial charge is 0.465 e. The summed E-state index contributed by atoms with van der Waals surface area (Å²) >= 11 is 0. The zero-order valence-electron chi connectivity index (χ0n) is 16.9. The summed E-state index contributed by atoms with van der Waals surface area (Å²) in [6.45, 7) is 7.63. The first-order chi connectivity index (χ1) is 12.8. The first-order valence-corrected chi connectivity index (χ1v) is 9.18. The molecule has 6 heteroatoms. The highest BCUT2D eigenvalue weighted by Crippen LogP contribution is 2.40. The molecule has 0 aliphatic carbocycles. The van der Waals surface area contributed by atoms with Gasteiger partial charge in [-0.3, -0.25) is 9.79 Å². The van der Waals surface area contributed by atoms with Gasteiger partial charge in [0.15, 0.2) is 0 Å². The van der Waals surface area contributed by atoms with Crippen LogP contribution < -0.4 is 4.90 Å². The van der Waals surface area contributed by atoms with Crippen LogP contribution in [0.3, 0.4) is 0 Å². The monoisotopic (exact) mass is 372 g/mol. The van der Waals surface area contributed by atoms with E-state index in [1.165, 1.54) is 0 Å². The van der Waals surface area contributed by atoms with Crippen LogP contribution in [-0.2, 0) is 19.1 Å². The Balaban J connectivity index is 2.59. The second-order valence-corrected chi connectivity index (χ2v) is 6.67. The third-order valence-corrected chi connectivity index (χ3v) is 4.63. The summed E-state index contributed by atoms with van der Waals surface area (Å²) in [4.78, 5) is 31.9. The molecular weight excluding hydrogens is 344 g/mol. The summed E-state index contributed by atoms with van der Waals surface area (Å²) in [6, 6.07) is 7.82. The molecule has 1 heterocycles. The lowest BCUT2D eigenvalue weighted by molar-refractivity contribution is -0.146. The normalized spacial score (nSPS) is 19.4. The van der Waals surface area contributed by atoms with Crippen molar-refractivity contribution in [2.75, 3.05) is 32.2 Å². The molecule has 0 saturated heterocycles. The standard InChI is InChI=1S/C21H28N2O4/c1-7-26-20(24)17-13(3)22-14(4)18(21(25)27-8-2)19(17)15-9-11-16(12-10-15)23(5)6/h9-12,17,19H,7-8H2,1-6H3/t17?,19-/m1/s1. The molecule has 0 radical (unpaired) electrons. The number of ether oxygens (including phenoxy) is 2. The minimum absolute atomic E-state index is 0.259. The van der Waals surface area contributed by atoms with Crippen LogP contribution in [0.15, 0.2) is 40.5 Å². The van der Waals surface area contributed by atoms with Gasteiger partial charge in [-0.25, -0.2) is 4.79 Å². The molecule has 0 fully saturated rings. The van der Waals surface area contributed by atoms with Crippen molar-refractivity contribution < 1.29 is 19.1 Å². The molecule has 0 N–H and O–H groups in total. The minimum atomic E-state index is -0.654. The van der Waals surface area contributed by atoms with E-state index in [1.54, 1.807) is 27.7 Å². The van der Waals surface area contributed by atoms with E-state index in [-0.39, 0.29) is 19.2 Å². The van der Waals surface area contributed by atoms with Crippen LogP contribution in [0.5, 0.6) is 0 Å².